The number of likely N-dealkylation sites (N-methyl/N-ethyl adjacent to an activating group) is 1. The Bertz CT molecular complexity index is 568. The normalized spacial score (nSPS) is 19.5. The lowest BCUT2D eigenvalue weighted by molar-refractivity contribution is 0.0820. The van der Waals surface area contributed by atoms with Crippen LogP contribution < -0.4 is 5.32 Å². The molecule has 0 spiro atoms. The monoisotopic (exact) mass is 331 g/mol. The summed E-state index contributed by atoms with van der Waals surface area (Å²) in [5.41, 5.74) is 3.68. The number of rotatable bonds is 6. The minimum atomic E-state index is -0.00681. The number of amides is 2. The molecule has 0 bridgehead atoms. The molecule has 1 saturated heterocycles. The van der Waals surface area contributed by atoms with Crippen LogP contribution in [0, 0.1) is 0 Å². The van der Waals surface area contributed by atoms with Crippen LogP contribution >= 0.6 is 0 Å². The number of anilines is 1. The number of nitrogens with zero attached hydrogens (tertiary/aromatic N) is 2. The summed E-state index contributed by atoms with van der Waals surface area (Å²) in [7, 11) is 4.07. The van der Waals surface area contributed by atoms with Crippen molar-refractivity contribution in [3.63, 3.8) is 0 Å². The number of aryl methyl sites for hydroxylation is 1. The van der Waals surface area contributed by atoms with E-state index in [0.717, 1.165) is 44.5 Å². The van der Waals surface area contributed by atoms with Crippen LogP contribution in [0.2, 0.25) is 0 Å². The van der Waals surface area contributed by atoms with Crippen LogP contribution in [-0.2, 0) is 17.6 Å². The van der Waals surface area contributed by atoms with Crippen LogP contribution in [-0.4, -0.2) is 62.3 Å². The van der Waals surface area contributed by atoms with Crippen molar-refractivity contribution in [2.75, 3.05) is 45.7 Å². The summed E-state index contributed by atoms with van der Waals surface area (Å²) in [6.45, 7) is 3.06. The fourth-order valence-corrected chi connectivity index (χ4v) is 3.56. The van der Waals surface area contributed by atoms with Gasteiger partial charge in [0.25, 0.3) is 0 Å². The molecule has 1 aromatic carbocycles. The van der Waals surface area contributed by atoms with Crippen LogP contribution in [0.15, 0.2) is 18.2 Å². The van der Waals surface area contributed by atoms with Crippen molar-refractivity contribution in [1.29, 1.82) is 0 Å². The van der Waals surface area contributed by atoms with Gasteiger partial charge >= 0.3 is 6.03 Å². The van der Waals surface area contributed by atoms with Crippen LogP contribution in [0.25, 0.3) is 0 Å². The maximum absolute atomic E-state index is 12.9. The number of carbonyl (C=O) groups excluding carboxylic acids is 1. The van der Waals surface area contributed by atoms with Gasteiger partial charge in [0.1, 0.15) is 0 Å². The molecule has 5 heteroatoms. The summed E-state index contributed by atoms with van der Waals surface area (Å²) in [5, 5.41) is 3.15. The smallest absolute Gasteiger partial charge is 0.321 e. The van der Waals surface area contributed by atoms with Crippen molar-refractivity contribution in [3.05, 3.63) is 29.3 Å². The van der Waals surface area contributed by atoms with Crippen molar-refractivity contribution in [3.8, 4) is 0 Å². The molecule has 1 heterocycles. The summed E-state index contributed by atoms with van der Waals surface area (Å²) in [4.78, 5) is 16.9. The average Bonchev–Trinajstić information content (AvgIpc) is 3.22. The maximum atomic E-state index is 12.9. The lowest BCUT2D eigenvalue weighted by Crippen LogP contribution is -2.43. The molecule has 1 aliphatic carbocycles. The third kappa shape index (κ3) is 4.28. The number of carbonyl (C=O) groups is 1. The second kappa shape index (κ2) is 7.99. The van der Waals surface area contributed by atoms with Crippen LogP contribution in [0.5, 0.6) is 0 Å². The Balaban J connectivity index is 1.67. The average molecular weight is 331 g/mol. The van der Waals surface area contributed by atoms with E-state index in [9.17, 15) is 4.79 Å². The zero-order valence-corrected chi connectivity index (χ0v) is 14.9. The van der Waals surface area contributed by atoms with Gasteiger partial charge in [-0.3, -0.25) is 0 Å². The van der Waals surface area contributed by atoms with Gasteiger partial charge in [-0.15, -0.1) is 0 Å². The van der Waals surface area contributed by atoms with E-state index in [1.165, 1.54) is 17.5 Å². The minimum Gasteiger partial charge on any atom is -0.376 e. The molecule has 3 rings (SSSR count). The van der Waals surface area contributed by atoms with Crippen molar-refractivity contribution in [1.82, 2.24) is 9.80 Å². The quantitative estimate of drug-likeness (QED) is 0.872. The second-order valence-electron chi connectivity index (χ2n) is 7.11. The Morgan fingerprint density at radius 1 is 1.25 bits per heavy atom. The molecule has 1 aliphatic heterocycles. The summed E-state index contributed by atoms with van der Waals surface area (Å²) < 4.78 is 5.73. The summed E-state index contributed by atoms with van der Waals surface area (Å²) in [6.07, 6.45) is 5.70. The molecule has 1 fully saturated rings. The third-order valence-corrected chi connectivity index (χ3v) is 4.94. The molecule has 0 unspecified atom stereocenters. The van der Waals surface area contributed by atoms with Gasteiger partial charge in [-0.25, -0.2) is 4.79 Å². The molecule has 1 N–H and O–H groups in total. The highest BCUT2D eigenvalue weighted by Gasteiger charge is 2.24. The summed E-state index contributed by atoms with van der Waals surface area (Å²) >= 11 is 0. The molecule has 24 heavy (non-hydrogen) atoms. The van der Waals surface area contributed by atoms with E-state index in [2.05, 4.69) is 16.3 Å². The molecule has 0 aromatic heterocycles. The van der Waals surface area contributed by atoms with Crippen LogP contribution in [0.4, 0.5) is 10.5 Å². The van der Waals surface area contributed by atoms with Crippen molar-refractivity contribution < 1.29 is 9.53 Å². The van der Waals surface area contributed by atoms with E-state index >= 15 is 0 Å². The Kier molecular flexibility index (Phi) is 5.74. The van der Waals surface area contributed by atoms with Crippen molar-refractivity contribution >= 4 is 11.7 Å². The molecule has 2 aliphatic rings. The number of fused-ring (bicyclic) bond motifs is 1. The van der Waals surface area contributed by atoms with Crippen LogP contribution in [0.3, 0.4) is 0 Å². The molecule has 132 valence electrons. The fourth-order valence-electron chi connectivity index (χ4n) is 3.56. The largest absolute Gasteiger partial charge is 0.376 e. The van der Waals surface area contributed by atoms with E-state index in [1.54, 1.807) is 0 Å². The van der Waals surface area contributed by atoms with E-state index in [1.807, 2.05) is 31.1 Å². The van der Waals surface area contributed by atoms with Gasteiger partial charge in [-0.05, 0) is 63.4 Å². The molecule has 0 radical (unpaired) electrons. The predicted molar refractivity (Wildman–Crippen MR) is 96.6 cm³/mol. The zero-order chi connectivity index (χ0) is 16.9. The number of benzene rings is 1. The highest BCUT2D eigenvalue weighted by Crippen LogP contribution is 2.29. The Morgan fingerprint density at radius 2 is 2.12 bits per heavy atom. The first kappa shape index (κ1) is 17.2. The molecule has 1 aromatic rings. The first-order valence-corrected chi connectivity index (χ1v) is 9.06. The fraction of sp³-hybridized carbons (Fsp3) is 0.632. The predicted octanol–water partition coefficient (Wildman–Crippen LogP) is 2.75. The number of hydrogen-bond acceptors (Lipinski definition) is 3. The first-order valence-electron chi connectivity index (χ1n) is 9.06. The maximum Gasteiger partial charge on any atom is 0.321 e. The third-order valence-electron chi connectivity index (χ3n) is 4.94. The zero-order valence-electron chi connectivity index (χ0n) is 14.9. The first-order chi connectivity index (χ1) is 11.6. The van der Waals surface area contributed by atoms with Crippen LogP contribution in [0.1, 0.15) is 30.4 Å². The number of nitrogens with one attached hydrogen (secondary N) is 1. The van der Waals surface area contributed by atoms with E-state index in [4.69, 9.17) is 4.74 Å². The molecule has 0 saturated carbocycles. The summed E-state index contributed by atoms with van der Waals surface area (Å²) in [6, 6.07) is 6.24. The highest BCUT2D eigenvalue weighted by molar-refractivity contribution is 5.90. The Hall–Kier alpha value is -1.59. The highest BCUT2D eigenvalue weighted by atomic mass is 16.5. The summed E-state index contributed by atoms with van der Waals surface area (Å²) in [5.74, 6) is 0. The lowest BCUT2D eigenvalue weighted by Gasteiger charge is -2.27. The molecule has 5 nitrogen and oxygen atoms in total. The SMILES string of the molecule is CN(C)CCN(C[C@@H]1CCCO1)C(=O)Nc1cccc2c1CCC2. The van der Waals surface area contributed by atoms with Crippen molar-refractivity contribution in [2.24, 2.45) is 0 Å². The van der Waals surface area contributed by atoms with Gasteiger partial charge in [0.05, 0.1) is 6.10 Å². The van der Waals surface area contributed by atoms with Gasteiger partial charge in [0, 0.05) is 31.9 Å². The van der Waals surface area contributed by atoms with Gasteiger partial charge in [-0.1, -0.05) is 12.1 Å². The lowest BCUT2D eigenvalue weighted by atomic mass is 10.1. The minimum absolute atomic E-state index is 0.00681. The molecular weight excluding hydrogens is 302 g/mol. The molecule has 1 atom stereocenters. The van der Waals surface area contributed by atoms with Gasteiger partial charge in [0.2, 0.25) is 0 Å². The Morgan fingerprint density at radius 3 is 2.88 bits per heavy atom. The standard InChI is InChI=1S/C19H29N3O2/c1-21(2)11-12-22(14-16-8-5-13-24-16)19(23)20-18-10-4-7-15-6-3-9-17(15)18/h4,7,10,16H,3,5-6,8-9,11-14H2,1-2H3,(H,20,23)/t16-/m0/s1. The number of hydrogen-bond donors (Lipinski definition) is 1. The number of urea groups is 1. The topological polar surface area (TPSA) is 44.8 Å². The number of ether oxygens (including phenoxy) is 1. The second-order valence-corrected chi connectivity index (χ2v) is 7.11. The van der Waals surface area contributed by atoms with Gasteiger partial charge < -0.3 is 19.9 Å². The molecular formula is C19H29N3O2. The Labute approximate surface area is 145 Å². The van der Waals surface area contributed by atoms with Gasteiger partial charge in [-0.2, -0.15) is 0 Å². The van der Waals surface area contributed by atoms with E-state index in [0.29, 0.717) is 13.1 Å². The van der Waals surface area contributed by atoms with Crippen molar-refractivity contribution in [2.45, 2.75) is 38.2 Å². The van der Waals surface area contributed by atoms with E-state index in [-0.39, 0.29) is 12.1 Å². The van der Waals surface area contributed by atoms with Gasteiger partial charge in [0.15, 0.2) is 0 Å². The van der Waals surface area contributed by atoms with E-state index < -0.39 is 0 Å². The molecule has 2 amide bonds.